The smallest absolute Gasteiger partial charge is 0.263 e. The fourth-order valence-electron chi connectivity index (χ4n) is 3.89. The van der Waals surface area contributed by atoms with E-state index in [1.54, 1.807) is 28.8 Å². The first-order valence-corrected chi connectivity index (χ1v) is 13.6. The summed E-state index contributed by atoms with van der Waals surface area (Å²) in [6.07, 6.45) is 0.684. The first kappa shape index (κ1) is 24.3. The van der Waals surface area contributed by atoms with Gasteiger partial charge in [0.1, 0.15) is 4.83 Å². The van der Waals surface area contributed by atoms with Crippen LogP contribution in [0, 0.1) is 0 Å². The summed E-state index contributed by atoms with van der Waals surface area (Å²) in [4.78, 5) is 31.9. The number of hydrogen-bond donors (Lipinski definition) is 1. The number of amides is 1. The van der Waals surface area contributed by atoms with Gasteiger partial charge in [0.05, 0.1) is 11.1 Å². The minimum absolute atomic E-state index is 0.0864. The molecule has 0 aliphatic rings. The monoisotopic (exact) mass is 531 g/mol. The Morgan fingerprint density at radius 3 is 2.39 bits per heavy atom. The third-order valence-corrected chi connectivity index (χ3v) is 7.77. The van der Waals surface area contributed by atoms with Crippen LogP contribution in [-0.2, 0) is 17.8 Å². The molecule has 36 heavy (non-hydrogen) atoms. The average Bonchev–Trinajstić information content (AvgIpc) is 3.34. The molecule has 0 aliphatic heterocycles. The fraction of sp³-hybridized carbons (Fsp3) is 0.107. The molecule has 0 aliphatic carbocycles. The summed E-state index contributed by atoms with van der Waals surface area (Å²) < 4.78 is 1.70. The zero-order valence-electron chi connectivity index (χ0n) is 19.2. The molecule has 0 unspecified atom stereocenters. The van der Waals surface area contributed by atoms with Gasteiger partial charge in [0, 0.05) is 28.2 Å². The van der Waals surface area contributed by atoms with E-state index in [2.05, 4.69) is 5.32 Å². The molecule has 2 heterocycles. The summed E-state index contributed by atoms with van der Waals surface area (Å²) >= 11 is 8.64. The molecule has 1 amide bonds. The molecule has 1 N–H and O–H groups in total. The Balaban J connectivity index is 1.46. The molecule has 0 fully saturated rings. The molecule has 0 spiro atoms. The topological polar surface area (TPSA) is 64.0 Å². The Morgan fingerprint density at radius 2 is 1.67 bits per heavy atom. The van der Waals surface area contributed by atoms with Crippen LogP contribution in [0.3, 0.4) is 0 Å². The van der Waals surface area contributed by atoms with Crippen LogP contribution in [0.2, 0.25) is 5.02 Å². The van der Waals surface area contributed by atoms with Gasteiger partial charge >= 0.3 is 0 Å². The molecule has 0 bridgehead atoms. The normalized spacial score (nSPS) is 11.0. The van der Waals surface area contributed by atoms with Crippen LogP contribution in [0.25, 0.3) is 21.3 Å². The molecule has 8 heteroatoms. The summed E-state index contributed by atoms with van der Waals surface area (Å²) in [5.74, 6) is -0.0505. The summed E-state index contributed by atoms with van der Waals surface area (Å²) in [5.41, 5.74) is 3.59. The Labute approximate surface area is 221 Å². The van der Waals surface area contributed by atoms with E-state index in [0.29, 0.717) is 39.0 Å². The Hall–Kier alpha value is -3.39. The largest absolute Gasteiger partial charge is 0.325 e. The predicted molar refractivity (Wildman–Crippen MR) is 150 cm³/mol. The van der Waals surface area contributed by atoms with Crippen molar-refractivity contribution < 1.29 is 4.79 Å². The SMILES string of the molecule is O=C(CSc1nc2scc(-c3ccccc3)c2c(=O)n1CCc1ccccc1)Nc1ccc(Cl)cc1. The number of anilines is 1. The Kier molecular flexibility index (Phi) is 7.51. The highest BCUT2D eigenvalue weighted by molar-refractivity contribution is 7.99. The van der Waals surface area contributed by atoms with Crippen molar-refractivity contribution in [1.82, 2.24) is 9.55 Å². The number of aryl methyl sites for hydroxylation is 1. The summed E-state index contributed by atoms with van der Waals surface area (Å²) in [5, 5.41) is 6.61. The van der Waals surface area contributed by atoms with Gasteiger partial charge in [0.2, 0.25) is 5.91 Å². The molecule has 0 saturated carbocycles. The third kappa shape index (κ3) is 5.54. The van der Waals surface area contributed by atoms with E-state index in [1.807, 2.05) is 66.0 Å². The molecule has 0 atom stereocenters. The number of thioether (sulfide) groups is 1. The number of nitrogens with zero attached hydrogens (tertiary/aromatic N) is 2. The summed E-state index contributed by atoms with van der Waals surface area (Å²) in [7, 11) is 0. The summed E-state index contributed by atoms with van der Waals surface area (Å²) in [6, 6.07) is 26.9. The summed E-state index contributed by atoms with van der Waals surface area (Å²) in [6.45, 7) is 0.469. The minimum atomic E-state index is -0.178. The lowest BCUT2D eigenvalue weighted by Crippen LogP contribution is -2.25. The minimum Gasteiger partial charge on any atom is -0.325 e. The lowest BCUT2D eigenvalue weighted by molar-refractivity contribution is -0.113. The molecule has 0 saturated heterocycles. The zero-order valence-corrected chi connectivity index (χ0v) is 21.6. The number of fused-ring (bicyclic) bond motifs is 1. The van der Waals surface area contributed by atoms with E-state index < -0.39 is 0 Å². The second-order valence-electron chi connectivity index (χ2n) is 8.13. The average molecular weight is 532 g/mol. The van der Waals surface area contributed by atoms with Crippen LogP contribution in [-0.4, -0.2) is 21.2 Å². The van der Waals surface area contributed by atoms with Crippen molar-refractivity contribution in [2.75, 3.05) is 11.1 Å². The molecular weight excluding hydrogens is 510 g/mol. The predicted octanol–water partition coefficient (Wildman–Crippen LogP) is 6.75. The molecule has 2 aromatic heterocycles. The van der Waals surface area contributed by atoms with Crippen LogP contribution in [0.5, 0.6) is 0 Å². The van der Waals surface area contributed by atoms with Crippen LogP contribution in [0.15, 0.2) is 100 Å². The number of benzene rings is 3. The zero-order chi connectivity index (χ0) is 24.9. The highest BCUT2D eigenvalue weighted by Gasteiger charge is 2.18. The van der Waals surface area contributed by atoms with Crippen molar-refractivity contribution in [3.05, 3.63) is 111 Å². The highest BCUT2D eigenvalue weighted by atomic mass is 35.5. The molecule has 0 radical (unpaired) electrons. The molecule has 5 nitrogen and oxygen atoms in total. The van der Waals surface area contributed by atoms with Crippen LogP contribution in [0.4, 0.5) is 5.69 Å². The highest BCUT2D eigenvalue weighted by Crippen LogP contribution is 2.32. The van der Waals surface area contributed by atoms with Crippen molar-refractivity contribution in [3.8, 4) is 11.1 Å². The van der Waals surface area contributed by atoms with Gasteiger partial charge in [-0.1, -0.05) is 84.0 Å². The maximum atomic E-state index is 13.8. The number of halogens is 1. The van der Waals surface area contributed by atoms with Crippen molar-refractivity contribution in [3.63, 3.8) is 0 Å². The van der Waals surface area contributed by atoms with Gasteiger partial charge in [-0.2, -0.15) is 0 Å². The van der Waals surface area contributed by atoms with E-state index >= 15 is 0 Å². The number of rotatable bonds is 8. The lowest BCUT2D eigenvalue weighted by Gasteiger charge is -2.13. The maximum Gasteiger partial charge on any atom is 0.263 e. The van der Waals surface area contributed by atoms with Gasteiger partial charge in [-0.25, -0.2) is 4.98 Å². The number of aromatic nitrogens is 2. The Morgan fingerprint density at radius 1 is 0.972 bits per heavy atom. The van der Waals surface area contributed by atoms with E-state index in [1.165, 1.54) is 23.1 Å². The first-order valence-electron chi connectivity index (χ1n) is 11.4. The van der Waals surface area contributed by atoms with Gasteiger partial charge in [-0.05, 0) is 41.8 Å². The number of carbonyl (C=O) groups excluding carboxylic acids is 1. The van der Waals surface area contributed by atoms with Crippen molar-refractivity contribution in [2.24, 2.45) is 0 Å². The van der Waals surface area contributed by atoms with Crippen molar-refractivity contribution >= 4 is 56.5 Å². The Bertz CT molecular complexity index is 1550. The van der Waals surface area contributed by atoms with Crippen molar-refractivity contribution in [2.45, 2.75) is 18.1 Å². The van der Waals surface area contributed by atoms with Gasteiger partial charge < -0.3 is 5.32 Å². The standard InChI is InChI=1S/C28H22ClN3O2S2/c29-21-11-13-22(14-12-21)30-24(33)18-36-28-31-26-25(23(17-35-26)20-9-5-2-6-10-20)27(34)32(28)16-15-19-7-3-1-4-8-19/h1-14,17H,15-16,18H2,(H,30,33). The molecular formula is C28H22ClN3O2S2. The number of carbonyl (C=O) groups is 1. The molecule has 5 rings (SSSR count). The van der Waals surface area contributed by atoms with Crippen LogP contribution >= 0.6 is 34.7 Å². The van der Waals surface area contributed by atoms with E-state index in [4.69, 9.17) is 16.6 Å². The molecule has 180 valence electrons. The fourth-order valence-corrected chi connectivity index (χ4v) is 5.83. The van der Waals surface area contributed by atoms with E-state index in [-0.39, 0.29) is 17.2 Å². The van der Waals surface area contributed by atoms with Crippen molar-refractivity contribution in [1.29, 1.82) is 0 Å². The van der Waals surface area contributed by atoms with Gasteiger partial charge in [-0.15, -0.1) is 11.3 Å². The quantitative estimate of drug-likeness (QED) is 0.178. The van der Waals surface area contributed by atoms with E-state index in [9.17, 15) is 9.59 Å². The lowest BCUT2D eigenvalue weighted by atomic mass is 10.1. The second-order valence-corrected chi connectivity index (χ2v) is 10.4. The number of nitrogens with one attached hydrogen (secondary N) is 1. The first-order chi connectivity index (χ1) is 17.6. The maximum absolute atomic E-state index is 13.8. The third-order valence-electron chi connectivity index (χ3n) is 5.67. The van der Waals surface area contributed by atoms with Gasteiger partial charge in [-0.3, -0.25) is 14.2 Å². The van der Waals surface area contributed by atoms with Gasteiger partial charge in [0.25, 0.3) is 5.56 Å². The molecule has 3 aromatic carbocycles. The molecule has 5 aromatic rings. The second kappa shape index (κ2) is 11.1. The van der Waals surface area contributed by atoms with Gasteiger partial charge in [0.15, 0.2) is 5.16 Å². The van der Waals surface area contributed by atoms with Crippen LogP contribution < -0.4 is 10.9 Å². The van der Waals surface area contributed by atoms with Crippen LogP contribution in [0.1, 0.15) is 5.56 Å². The van der Waals surface area contributed by atoms with E-state index in [0.717, 1.165) is 16.7 Å². The number of thiophene rings is 1. The number of hydrogen-bond acceptors (Lipinski definition) is 5.